The highest BCUT2D eigenvalue weighted by atomic mass is 15.1. The van der Waals surface area contributed by atoms with E-state index in [4.69, 9.17) is 0 Å². The molecule has 5 rings (SSSR count). The van der Waals surface area contributed by atoms with Crippen molar-refractivity contribution in [2.75, 3.05) is 11.4 Å². The predicted molar refractivity (Wildman–Crippen MR) is 123 cm³/mol. The van der Waals surface area contributed by atoms with Gasteiger partial charge in [0, 0.05) is 49.3 Å². The molecule has 2 aliphatic rings. The molecule has 0 saturated heterocycles. The molecule has 0 atom stereocenters. The Hall–Kier alpha value is -4.37. The van der Waals surface area contributed by atoms with Crippen LogP contribution in [0.5, 0.6) is 0 Å². The van der Waals surface area contributed by atoms with Crippen LogP contribution in [0.4, 0.5) is 5.69 Å². The van der Waals surface area contributed by atoms with E-state index in [-0.39, 0.29) is 0 Å². The summed E-state index contributed by atoms with van der Waals surface area (Å²) >= 11 is 0. The van der Waals surface area contributed by atoms with Crippen molar-refractivity contribution in [2.45, 2.75) is 6.54 Å². The van der Waals surface area contributed by atoms with Crippen molar-refractivity contribution in [1.82, 2.24) is 19.1 Å². The van der Waals surface area contributed by atoms with Crippen LogP contribution in [0.2, 0.25) is 0 Å². The number of benzene rings is 1. The third-order valence-electron chi connectivity index (χ3n) is 5.06. The minimum Gasteiger partial charge on any atom is -0.330 e. The fourth-order valence-corrected chi connectivity index (χ4v) is 3.54. The maximum Gasteiger partial charge on any atom is 0.0991 e. The molecule has 0 amide bonds. The first-order valence-corrected chi connectivity index (χ1v) is 10.00. The molecule has 0 bridgehead atoms. The van der Waals surface area contributed by atoms with Crippen LogP contribution in [0.1, 0.15) is 5.56 Å². The topological polar surface area (TPSA) is 51.2 Å². The average molecular weight is 404 g/mol. The van der Waals surface area contributed by atoms with E-state index in [0.717, 1.165) is 28.3 Å². The number of rotatable bonds is 3. The summed E-state index contributed by atoms with van der Waals surface area (Å²) < 4.78 is 3.96. The Labute approximate surface area is 180 Å². The van der Waals surface area contributed by atoms with Crippen LogP contribution in [0.3, 0.4) is 0 Å². The number of aromatic nitrogens is 4. The molecule has 31 heavy (non-hydrogen) atoms. The largest absolute Gasteiger partial charge is 0.330 e. The lowest BCUT2D eigenvalue weighted by molar-refractivity contribution is 0.990. The number of imidazole rings is 2. The fraction of sp³-hybridized carbons (Fsp3) is 0.0800. The van der Waals surface area contributed by atoms with Gasteiger partial charge >= 0.3 is 0 Å². The number of anilines is 1. The first-order valence-electron chi connectivity index (χ1n) is 10.00. The predicted octanol–water partition coefficient (Wildman–Crippen LogP) is 4.32. The van der Waals surface area contributed by atoms with Gasteiger partial charge in [0.1, 0.15) is 0 Å². The summed E-state index contributed by atoms with van der Waals surface area (Å²) in [6.45, 7) is 1.27. The third-order valence-corrected chi connectivity index (χ3v) is 5.06. The summed E-state index contributed by atoms with van der Waals surface area (Å²) in [5, 5.41) is 0. The number of hydrogen-bond acceptors (Lipinski definition) is 4. The van der Waals surface area contributed by atoms with Gasteiger partial charge in [-0.25, -0.2) is 9.97 Å². The first kappa shape index (κ1) is 18.6. The number of nitrogens with zero attached hydrogens (tertiary/aromatic N) is 6. The molecule has 1 aromatic carbocycles. The molecule has 150 valence electrons. The van der Waals surface area contributed by atoms with E-state index in [9.17, 15) is 0 Å². The highest BCUT2D eigenvalue weighted by Crippen LogP contribution is 2.28. The van der Waals surface area contributed by atoms with E-state index in [0.29, 0.717) is 13.1 Å². The van der Waals surface area contributed by atoms with Crippen LogP contribution in [0.25, 0.3) is 11.4 Å². The van der Waals surface area contributed by atoms with Crippen LogP contribution >= 0.6 is 0 Å². The van der Waals surface area contributed by atoms with Gasteiger partial charge in [0.05, 0.1) is 36.3 Å². The minimum absolute atomic E-state index is 0.610. The monoisotopic (exact) mass is 404 g/mol. The maximum absolute atomic E-state index is 4.50. The van der Waals surface area contributed by atoms with Gasteiger partial charge in [0.2, 0.25) is 0 Å². The zero-order valence-corrected chi connectivity index (χ0v) is 16.8. The zero-order valence-electron chi connectivity index (χ0n) is 16.8. The Kier molecular flexibility index (Phi) is 5.15. The van der Waals surface area contributed by atoms with Crippen LogP contribution in [-0.4, -0.2) is 31.9 Å². The Bertz CT molecular complexity index is 1290. The van der Waals surface area contributed by atoms with Crippen molar-refractivity contribution in [3.05, 3.63) is 115 Å². The molecule has 0 saturated carbocycles. The summed E-state index contributed by atoms with van der Waals surface area (Å²) in [6.07, 6.45) is 22.8. The van der Waals surface area contributed by atoms with E-state index in [1.165, 1.54) is 0 Å². The van der Waals surface area contributed by atoms with Gasteiger partial charge in [-0.2, -0.15) is 0 Å². The second kappa shape index (κ2) is 8.56. The van der Waals surface area contributed by atoms with Crippen molar-refractivity contribution in [1.29, 1.82) is 0 Å². The van der Waals surface area contributed by atoms with Crippen molar-refractivity contribution >= 4 is 23.3 Å². The molecule has 1 aliphatic heterocycles. The van der Waals surface area contributed by atoms with E-state index in [2.05, 4.69) is 61.7 Å². The SMILES string of the molecule is C1=CC=NCc2ccccc2N(C2=C=CC(n3ccnc3)=CC(n3ccnc3)=C2)CC=1. The van der Waals surface area contributed by atoms with Crippen LogP contribution in [0, 0.1) is 0 Å². The van der Waals surface area contributed by atoms with E-state index >= 15 is 0 Å². The lowest BCUT2D eigenvalue weighted by Crippen LogP contribution is -2.23. The number of para-hydroxylation sites is 1. The number of fused-ring (bicyclic) bond motifs is 1. The maximum atomic E-state index is 4.50. The molecule has 6 heteroatoms. The Morgan fingerprint density at radius 3 is 2.52 bits per heavy atom. The second-order valence-corrected chi connectivity index (χ2v) is 7.02. The number of aliphatic imine (C=N–C) groups is 1. The third kappa shape index (κ3) is 4.02. The van der Waals surface area contributed by atoms with Crippen LogP contribution in [-0.2, 0) is 6.54 Å². The summed E-state index contributed by atoms with van der Waals surface area (Å²) in [4.78, 5) is 15.1. The summed E-state index contributed by atoms with van der Waals surface area (Å²) in [5.41, 5.74) is 11.8. The highest BCUT2D eigenvalue weighted by Gasteiger charge is 2.16. The van der Waals surface area contributed by atoms with Crippen molar-refractivity contribution in [2.24, 2.45) is 4.99 Å². The molecular formula is C25H20N6. The summed E-state index contributed by atoms with van der Waals surface area (Å²) in [5.74, 6) is 0. The second-order valence-electron chi connectivity index (χ2n) is 7.02. The van der Waals surface area contributed by atoms with Crippen molar-refractivity contribution in [3.8, 4) is 0 Å². The highest BCUT2D eigenvalue weighted by molar-refractivity contribution is 5.77. The molecule has 1 aliphatic carbocycles. The van der Waals surface area contributed by atoms with Crippen LogP contribution in [0.15, 0.2) is 114 Å². The minimum atomic E-state index is 0.610. The standard InChI is InChI=1S/C25H20N6/c1-4-10-26-18-21-6-2-3-7-25(21)31(13-5-1)23-9-8-22(29-14-11-27-19-29)16-24(17-23)30-15-12-28-20-30/h2-8,10-12,14-17,19-20H,13,18H2. The van der Waals surface area contributed by atoms with E-state index < -0.39 is 0 Å². The van der Waals surface area contributed by atoms with Gasteiger partial charge in [0.15, 0.2) is 0 Å². The van der Waals surface area contributed by atoms with Crippen molar-refractivity contribution < 1.29 is 0 Å². The molecular weight excluding hydrogens is 384 g/mol. The molecule has 0 spiro atoms. The number of hydrogen-bond donors (Lipinski definition) is 0. The molecule has 6 nitrogen and oxygen atoms in total. The van der Waals surface area contributed by atoms with Gasteiger partial charge < -0.3 is 14.0 Å². The zero-order chi connectivity index (χ0) is 20.9. The molecule has 0 fully saturated rings. The Morgan fingerprint density at radius 2 is 1.71 bits per heavy atom. The van der Waals surface area contributed by atoms with E-state index in [1.807, 2.05) is 45.8 Å². The van der Waals surface area contributed by atoms with Crippen molar-refractivity contribution in [3.63, 3.8) is 0 Å². The van der Waals surface area contributed by atoms with Crippen LogP contribution < -0.4 is 4.90 Å². The molecule has 3 heterocycles. The molecule has 3 aromatic rings. The number of allylic oxidation sites excluding steroid dienone is 4. The first-order chi connectivity index (χ1) is 15.4. The lowest BCUT2D eigenvalue weighted by atomic mass is 10.1. The lowest BCUT2D eigenvalue weighted by Gasteiger charge is -2.26. The molecule has 2 aromatic heterocycles. The van der Waals surface area contributed by atoms with Gasteiger partial charge in [-0.1, -0.05) is 23.9 Å². The Balaban J connectivity index is 1.66. The van der Waals surface area contributed by atoms with E-state index in [1.54, 1.807) is 31.3 Å². The van der Waals surface area contributed by atoms with Gasteiger partial charge in [-0.05, 0) is 35.9 Å². The normalized spacial score (nSPS) is 15.7. The molecule has 0 radical (unpaired) electrons. The van der Waals surface area contributed by atoms with Gasteiger partial charge in [-0.3, -0.25) is 4.99 Å². The molecule has 0 N–H and O–H groups in total. The smallest absolute Gasteiger partial charge is 0.0991 e. The molecule has 0 unspecified atom stereocenters. The van der Waals surface area contributed by atoms with Gasteiger partial charge in [0.25, 0.3) is 0 Å². The average Bonchev–Trinajstić information content (AvgIpc) is 3.49. The Morgan fingerprint density at radius 1 is 0.903 bits per heavy atom. The summed E-state index contributed by atoms with van der Waals surface area (Å²) in [6, 6.07) is 8.34. The fourth-order valence-electron chi connectivity index (χ4n) is 3.54. The summed E-state index contributed by atoms with van der Waals surface area (Å²) in [7, 11) is 0. The van der Waals surface area contributed by atoms with Gasteiger partial charge in [-0.15, -0.1) is 5.73 Å². The quantitative estimate of drug-likeness (QED) is 0.611.